The van der Waals surface area contributed by atoms with E-state index in [1.54, 1.807) is 0 Å². The minimum Gasteiger partial charge on any atom is -0.331 e. The highest BCUT2D eigenvalue weighted by Gasteiger charge is 2.23. The van der Waals surface area contributed by atoms with Crippen LogP contribution in [0.15, 0.2) is 24.4 Å². The summed E-state index contributed by atoms with van der Waals surface area (Å²) in [6.45, 7) is 6.12. The molecule has 0 radical (unpaired) electrons. The third-order valence-electron chi connectivity index (χ3n) is 4.42. The molecule has 20 heavy (non-hydrogen) atoms. The van der Waals surface area contributed by atoms with Crippen molar-refractivity contribution in [2.75, 3.05) is 6.54 Å². The van der Waals surface area contributed by atoms with Gasteiger partial charge in [-0.1, -0.05) is 23.8 Å². The second-order valence-corrected chi connectivity index (χ2v) is 5.91. The summed E-state index contributed by atoms with van der Waals surface area (Å²) in [6, 6.07) is 6.80. The second-order valence-electron chi connectivity index (χ2n) is 5.91. The standard InChI is InChI=1S/C17H23N3/c1-12-3-4-13(2)16(9-12)14-5-6-15-10-19-17(7-8-18)20(15)11-14/h3-4,9-10,14H,5-8,11,18H2,1-2H3. The van der Waals surface area contributed by atoms with Gasteiger partial charge in [0.2, 0.25) is 0 Å². The molecule has 0 saturated carbocycles. The van der Waals surface area contributed by atoms with E-state index in [4.69, 9.17) is 5.73 Å². The van der Waals surface area contributed by atoms with Gasteiger partial charge in [0.1, 0.15) is 5.82 Å². The van der Waals surface area contributed by atoms with Crippen molar-refractivity contribution in [2.24, 2.45) is 5.73 Å². The van der Waals surface area contributed by atoms with Gasteiger partial charge in [0.05, 0.1) is 0 Å². The van der Waals surface area contributed by atoms with Crippen LogP contribution in [0.25, 0.3) is 0 Å². The molecule has 1 unspecified atom stereocenters. The van der Waals surface area contributed by atoms with Crippen LogP contribution in [-0.4, -0.2) is 16.1 Å². The topological polar surface area (TPSA) is 43.8 Å². The van der Waals surface area contributed by atoms with Gasteiger partial charge in [-0.3, -0.25) is 0 Å². The van der Waals surface area contributed by atoms with Crippen molar-refractivity contribution in [1.29, 1.82) is 0 Å². The Balaban J connectivity index is 1.91. The molecular formula is C17H23N3. The van der Waals surface area contributed by atoms with Gasteiger partial charge in [-0.2, -0.15) is 0 Å². The van der Waals surface area contributed by atoms with Gasteiger partial charge in [0.15, 0.2) is 0 Å². The second kappa shape index (κ2) is 5.41. The average Bonchev–Trinajstić information content (AvgIpc) is 2.84. The highest BCUT2D eigenvalue weighted by Crippen LogP contribution is 2.32. The summed E-state index contributed by atoms with van der Waals surface area (Å²) >= 11 is 0. The van der Waals surface area contributed by atoms with Gasteiger partial charge in [-0.15, -0.1) is 0 Å². The van der Waals surface area contributed by atoms with Crippen LogP contribution in [0.5, 0.6) is 0 Å². The number of nitrogens with two attached hydrogens (primary N) is 1. The lowest BCUT2D eigenvalue weighted by atomic mass is 9.87. The Bertz CT molecular complexity index is 613. The molecule has 3 heteroatoms. The predicted molar refractivity (Wildman–Crippen MR) is 82.0 cm³/mol. The first-order chi connectivity index (χ1) is 9.69. The van der Waals surface area contributed by atoms with Crippen LogP contribution in [0.3, 0.4) is 0 Å². The maximum absolute atomic E-state index is 5.69. The van der Waals surface area contributed by atoms with Crippen LogP contribution < -0.4 is 5.73 Å². The number of fused-ring (bicyclic) bond motifs is 1. The van der Waals surface area contributed by atoms with Gasteiger partial charge in [-0.25, -0.2) is 4.98 Å². The summed E-state index contributed by atoms with van der Waals surface area (Å²) in [7, 11) is 0. The van der Waals surface area contributed by atoms with Crippen molar-refractivity contribution < 1.29 is 0 Å². The summed E-state index contributed by atoms with van der Waals surface area (Å²) in [6.07, 6.45) is 5.25. The molecule has 2 aromatic rings. The van der Waals surface area contributed by atoms with E-state index in [9.17, 15) is 0 Å². The molecule has 1 atom stereocenters. The molecule has 2 N–H and O–H groups in total. The average molecular weight is 269 g/mol. The predicted octanol–water partition coefficient (Wildman–Crippen LogP) is 2.73. The number of rotatable bonds is 3. The van der Waals surface area contributed by atoms with Gasteiger partial charge in [-0.05, 0) is 44.4 Å². The van der Waals surface area contributed by atoms with Crippen molar-refractivity contribution in [1.82, 2.24) is 9.55 Å². The SMILES string of the molecule is Cc1ccc(C)c(C2CCc3cnc(CCN)n3C2)c1. The number of imidazole rings is 1. The normalized spacial score (nSPS) is 18.1. The van der Waals surface area contributed by atoms with Crippen molar-refractivity contribution in [3.63, 3.8) is 0 Å². The smallest absolute Gasteiger partial charge is 0.110 e. The Morgan fingerprint density at radius 3 is 3.00 bits per heavy atom. The Labute approximate surface area is 120 Å². The number of benzene rings is 1. The third kappa shape index (κ3) is 2.38. The van der Waals surface area contributed by atoms with E-state index in [1.807, 2.05) is 6.20 Å². The zero-order valence-electron chi connectivity index (χ0n) is 12.4. The summed E-state index contributed by atoms with van der Waals surface area (Å²) in [4.78, 5) is 4.54. The zero-order chi connectivity index (χ0) is 14.1. The molecule has 1 aromatic carbocycles. The van der Waals surface area contributed by atoms with E-state index in [-0.39, 0.29) is 0 Å². The molecule has 2 heterocycles. The monoisotopic (exact) mass is 269 g/mol. The summed E-state index contributed by atoms with van der Waals surface area (Å²) in [5.41, 5.74) is 11.3. The number of aryl methyl sites for hydroxylation is 3. The number of aromatic nitrogens is 2. The van der Waals surface area contributed by atoms with Crippen LogP contribution in [0.2, 0.25) is 0 Å². The molecule has 0 amide bonds. The molecule has 106 valence electrons. The van der Waals surface area contributed by atoms with Crippen LogP contribution in [-0.2, 0) is 19.4 Å². The number of hydrogen-bond donors (Lipinski definition) is 1. The van der Waals surface area contributed by atoms with Crippen LogP contribution in [0.4, 0.5) is 0 Å². The van der Waals surface area contributed by atoms with Gasteiger partial charge < -0.3 is 10.3 Å². The first-order valence-electron chi connectivity index (χ1n) is 7.49. The lowest BCUT2D eigenvalue weighted by Gasteiger charge is -2.27. The quantitative estimate of drug-likeness (QED) is 0.931. The third-order valence-corrected chi connectivity index (χ3v) is 4.42. The van der Waals surface area contributed by atoms with Gasteiger partial charge >= 0.3 is 0 Å². The summed E-state index contributed by atoms with van der Waals surface area (Å²) in [5, 5.41) is 0. The number of hydrogen-bond acceptors (Lipinski definition) is 2. The van der Waals surface area contributed by atoms with Gasteiger partial charge in [0.25, 0.3) is 0 Å². The Kier molecular flexibility index (Phi) is 3.62. The van der Waals surface area contributed by atoms with Crippen molar-refractivity contribution >= 4 is 0 Å². The van der Waals surface area contributed by atoms with Crippen LogP contribution in [0, 0.1) is 13.8 Å². The molecule has 0 spiro atoms. The highest BCUT2D eigenvalue weighted by molar-refractivity contribution is 5.34. The van der Waals surface area contributed by atoms with E-state index in [1.165, 1.54) is 28.8 Å². The molecule has 1 aliphatic heterocycles. The molecule has 1 aromatic heterocycles. The van der Waals surface area contributed by atoms with E-state index < -0.39 is 0 Å². The fraction of sp³-hybridized carbons (Fsp3) is 0.471. The minimum atomic E-state index is 0.605. The van der Waals surface area contributed by atoms with E-state index in [0.29, 0.717) is 12.5 Å². The molecule has 3 rings (SSSR count). The lowest BCUT2D eigenvalue weighted by Crippen LogP contribution is -2.22. The summed E-state index contributed by atoms with van der Waals surface area (Å²) < 4.78 is 2.39. The Morgan fingerprint density at radius 2 is 2.20 bits per heavy atom. The van der Waals surface area contributed by atoms with Crippen molar-refractivity contribution in [3.8, 4) is 0 Å². The largest absolute Gasteiger partial charge is 0.331 e. The molecule has 0 aliphatic carbocycles. The molecule has 0 saturated heterocycles. The first kappa shape index (κ1) is 13.4. The Morgan fingerprint density at radius 1 is 1.35 bits per heavy atom. The van der Waals surface area contributed by atoms with E-state index in [2.05, 4.69) is 41.6 Å². The molecule has 0 fully saturated rings. The molecular weight excluding hydrogens is 246 g/mol. The van der Waals surface area contributed by atoms with Crippen LogP contribution >= 0.6 is 0 Å². The number of nitrogens with zero attached hydrogens (tertiary/aromatic N) is 2. The van der Waals surface area contributed by atoms with Crippen molar-refractivity contribution in [2.45, 2.75) is 45.6 Å². The van der Waals surface area contributed by atoms with Crippen LogP contribution in [0.1, 0.15) is 40.5 Å². The lowest BCUT2D eigenvalue weighted by molar-refractivity contribution is 0.450. The maximum Gasteiger partial charge on any atom is 0.110 e. The van der Waals surface area contributed by atoms with E-state index in [0.717, 1.165) is 25.2 Å². The van der Waals surface area contributed by atoms with Gasteiger partial charge in [0, 0.05) is 30.8 Å². The Hall–Kier alpha value is -1.61. The maximum atomic E-state index is 5.69. The first-order valence-corrected chi connectivity index (χ1v) is 7.49. The molecule has 1 aliphatic rings. The summed E-state index contributed by atoms with van der Waals surface area (Å²) in [5.74, 6) is 1.76. The molecule has 3 nitrogen and oxygen atoms in total. The fourth-order valence-corrected chi connectivity index (χ4v) is 3.29. The fourth-order valence-electron chi connectivity index (χ4n) is 3.29. The molecule has 0 bridgehead atoms. The minimum absolute atomic E-state index is 0.605. The zero-order valence-corrected chi connectivity index (χ0v) is 12.4. The highest BCUT2D eigenvalue weighted by atomic mass is 15.1. The van der Waals surface area contributed by atoms with Crippen molar-refractivity contribution in [3.05, 3.63) is 52.6 Å². The van der Waals surface area contributed by atoms with E-state index >= 15 is 0 Å².